The topological polar surface area (TPSA) is 123 Å². The van der Waals surface area contributed by atoms with E-state index < -0.39 is 39.4 Å². The van der Waals surface area contributed by atoms with Crippen LogP contribution < -0.4 is 0 Å². The molecule has 170 valence electrons. The van der Waals surface area contributed by atoms with Gasteiger partial charge in [0.1, 0.15) is 5.60 Å². The zero-order chi connectivity index (χ0) is 22.9. The molecule has 2 atom stereocenters. The minimum atomic E-state index is -3.90. The summed E-state index contributed by atoms with van der Waals surface area (Å²) < 4.78 is 44.4. The molecule has 1 fully saturated rings. The Kier molecular flexibility index (Phi) is 6.49. The van der Waals surface area contributed by atoms with Crippen LogP contribution in [0.5, 0.6) is 0 Å². The predicted octanol–water partition coefficient (Wildman–Crippen LogP) is 2.08. The highest BCUT2D eigenvalue weighted by Crippen LogP contribution is 2.30. The van der Waals surface area contributed by atoms with Gasteiger partial charge in [0, 0.05) is 6.42 Å². The van der Waals surface area contributed by atoms with Crippen LogP contribution in [0.15, 0.2) is 35.5 Å². The first-order valence-corrected chi connectivity index (χ1v) is 11.6. The summed E-state index contributed by atoms with van der Waals surface area (Å²) in [5, 5.41) is 10.8. The van der Waals surface area contributed by atoms with E-state index in [1.165, 1.54) is 4.68 Å². The van der Waals surface area contributed by atoms with Crippen molar-refractivity contribution in [3.63, 3.8) is 0 Å². The van der Waals surface area contributed by atoms with E-state index in [-0.39, 0.29) is 23.8 Å². The zero-order valence-electron chi connectivity index (χ0n) is 18.3. The minimum Gasteiger partial charge on any atom is -0.460 e. The molecule has 1 aromatic heterocycles. The summed E-state index contributed by atoms with van der Waals surface area (Å²) in [5.41, 5.74) is -0.0863. The summed E-state index contributed by atoms with van der Waals surface area (Å²) in [5.74, 6) is -1.82. The Hall–Kier alpha value is -2.37. The summed E-state index contributed by atoms with van der Waals surface area (Å²) in [4.78, 5) is 12.2. The molecule has 11 heteroatoms. The van der Waals surface area contributed by atoms with Crippen LogP contribution in [0.2, 0.25) is 0 Å². The minimum absolute atomic E-state index is 0.00234. The van der Waals surface area contributed by atoms with Gasteiger partial charge in [0.2, 0.25) is 9.84 Å². The second-order valence-corrected chi connectivity index (χ2v) is 10.8. The van der Waals surface area contributed by atoms with Gasteiger partial charge in [0.25, 0.3) is 5.16 Å². The van der Waals surface area contributed by atoms with Gasteiger partial charge >= 0.3 is 5.97 Å². The number of rotatable bonds is 6. The second-order valence-electron chi connectivity index (χ2n) is 8.90. The molecule has 0 saturated carbocycles. The number of tetrazole rings is 1. The molecule has 10 nitrogen and oxygen atoms in total. The van der Waals surface area contributed by atoms with Gasteiger partial charge in [-0.2, -0.15) is 4.68 Å². The second kappa shape index (κ2) is 8.64. The van der Waals surface area contributed by atoms with Crippen LogP contribution >= 0.6 is 0 Å². The van der Waals surface area contributed by atoms with Crippen LogP contribution in [-0.4, -0.2) is 63.9 Å². The van der Waals surface area contributed by atoms with Gasteiger partial charge in [0.15, 0.2) is 5.79 Å². The first-order chi connectivity index (χ1) is 14.3. The lowest BCUT2D eigenvalue weighted by atomic mass is 10.1. The maximum atomic E-state index is 13.1. The Morgan fingerprint density at radius 1 is 1.19 bits per heavy atom. The largest absolute Gasteiger partial charge is 0.460 e. The van der Waals surface area contributed by atoms with Crippen molar-refractivity contribution in [1.29, 1.82) is 0 Å². The smallest absolute Gasteiger partial charge is 0.308 e. The summed E-state index contributed by atoms with van der Waals surface area (Å²) in [6.45, 7) is 8.72. The average Bonchev–Trinajstić information content (AvgIpc) is 3.09. The number of carbonyl (C=O) groups is 1. The number of para-hydroxylation sites is 1. The maximum Gasteiger partial charge on any atom is 0.308 e. The highest BCUT2D eigenvalue weighted by Gasteiger charge is 2.40. The monoisotopic (exact) mass is 452 g/mol. The SMILES string of the molecule is CC(C)(C)OC(=O)CC1C[C@@H](CS(=O)(=O)c2nnnn2-c2ccccc2)OC(C)(C)O1. The lowest BCUT2D eigenvalue weighted by Gasteiger charge is -2.40. The molecule has 0 amide bonds. The van der Waals surface area contributed by atoms with Crippen LogP contribution in [0.1, 0.15) is 47.5 Å². The van der Waals surface area contributed by atoms with Crippen molar-refractivity contribution < 1.29 is 27.4 Å². The highest BCUT2D eigenvalue weighted by molar-refractivity contribution is 7.91. The van der Waals surface area contributed by atoms with Crippen LogP contribution in [0.4, 0.5) is 0 Å². The van der Waals surface area contributed by atoms with Crippen molar-refractivity contribution in [2.75, 3.05) is 5.75 Å². The first kappa shape index (κ1) is 23.3. The van der Waals surface area contributed by atoms with Crippen LogP contribution in [0, 0.1) is 0 Å². The Bertz CT molecular complexity index is 1010. The van der Waals surface area contributed by atoms with Crippen molar-refractivity contribution in [2.45, 2.75) is 76.2 Å². The molecule has 1 unspecified atom stereocenters. The molecular formula is C20H28N4O6S. The molecule has 2 aromatic rings. The Balaban J connectivity index is 1.75. The van der Waals surface area contributed by atoms with Crippen LogP contribution in [-0.2, 0) is 28.8 Å². The molecule has 1 aromatic carbocycles. The van der Waals surface area contributed by atoms with Crippen molar-refractivity contribution in [2.24, 2.45) is 0 Å². The summed E-state index contributed by atoms with van der Waals surface area (Å²) in [6.07, 6.45) is -1.03. The maximum absolute atomic E-state index is 13.1. The van der Waals surface area contributed by atoms with Gasteiger partial charge in [-0.15, -0.1) is 0 Å². The number of hydrogen-bond donors (Lipinski definition) is 0. The van der Waals surface area contributed by atoms with Gasteiger partial charge < -0.3 is 14.2 Å². The molecule has 0 spiro atoms. The van der Waals surface area contributed by atoms with E-state index in [1.807, 2.05) is 6.07 Å². The number of esters is 1. The normalized spacial score (nSPS) is 21.6. The van der Waals surface area contributed by atoms with Gasteiger partial charge in [-0.3, -0.25) is 4.79 Å². The number of aromatic nitrogens is 4. The van der Waals surface area contributed by atoms with E-state index in [2.05, 4.69) is 15.5 Å². The molecule has 0 bridgehead atoms. The standard InChI is InChI=1S/C20H28N4O6S/c1-19(2,3)30-17(25)12-15-11-16(29-20(4,5)28-15)13-31(26,27)18-21-22-23-24(18)14-9-7-6-8-10-14/h6-10,15-16H,11-13H2,1-5H3/t15?,16-/m0/s1. The number of sulfone groups is 1. The summed E-state index contributed by atoms with van der Waals surface area (Å²) in [7, 11) is -3.90. The van der Waals surface area contributed by atoms with E-state index in [1.54, 1.807) is 58.9 Å². The number of ether oxygens (including phenoxy) is 3. The quantitative estimate of drug-likeness (QED) is 0.606. The van der Waals surface area contributed by atoms with E-state index >= 15 is 0 Å². The number of benzene rings is 1. The van der Waals surface area contributed by atoms with Gasteiger partial charge in [-0.25, -0.2) is 8.42 Å². The van der Waals surface area contributed by atoms with Gasteiger partial charge in [0.05, 0.1) is 30.1 Å². The van der Waals surface area contributed by atoms with E-state index in [0.717, 1.165) is 0 Å². The van der Waals surface area contributed by atoms with Gasteiger partial charge in [-0.1, -0.05) is 23.3 Å². The number of carbonyl (C=O) groups excluding carboxylic acids is 1. The number of nitrogens with zero attached hydrogens (tertiary/aromatic N) is 4. The lowest BCUT2D eigenvalue weighted by molar-refractivity contribution is -0.295. The third kappa shape index (κ3) is 6.31. The summed E-state index contributed by atoms with van der Waals surface area (Å²) in [6, 6.07) is 8.75. The molecule has 2 heterocycles. The third-order valence-corrected chi connectivity index (χ3v) is 5.99. The van der Waals surface area contributed by atoms with E-state index in [0.29, 0.717) is 5.69 Å². The fraction of sp³-hybridized carbons (Fsp3) is 0.600. The molecule has 0 N–H and O–H groups in total. The Morgan fingerprint density at radius 2 is 1.84 bits per heavy atom. The molecule has 0 aliphatic carbocycles. The molecule has 1 aliphatic rings. The first-order valence-electron chi connectivity index (χ1n) is 9.99. The molecule has 3 rings (SSSR count). The fourth-order valence-corrected chi connectivity index (χ4v) is 4.85. The van der Waals surface area contributed by atoms with E-state index in [9.17, 15) is 13.2 Å². The molecule has 31 heavy (non-hydrogen) atoms. The Morgan fingerprint density at radius 3 is 2.48 bits per heavy atom. The van der Waals surface area contributed by atoms with Crippen molar-refractivity contribution >= 4 is 15.8 Å². The lowest BCUT2D eigenvalue weighted by Crippen LogP contribution is -2.47. The molecule has 1 aliphatic heterocycles. The fourth-order valence-electron chi connectivity index (χ4n) is 3.44. The van der Waals surface area contributed by atoms with Crippen LogP contribution in [0.3, 0.4) is 0 Å². The molecule has 0 radical (unpaired) electrons. The van der Waals surface area contributed by atoms with Gasteiger partial charge in [-0.05, 0) is 57.2 Å². The van der Waals surface area contributed by atoms with Crippen molar-refractivity contribution in [3.8, 4) is 5.69 Å². The number of hydrogen-bond acceptors (Lipinski definition) is 9. The van der Waals surface area contributed by atoms with Crippen LogP contribution in [0.25, 0.3) is 5.69 Å². The predicted molar refractivity (Wildman–Crippen MR) is 110 cm³/mol. The third-order valence-electron chi connectivity index (χ3n) is 4.37. The van der Waals surface area contributed by atoms with Crippen molar-refractivity contribution in [1.82, 2.24) is 20.2 Å². The van der Waals surface area contributed by atoms with E-state index in [4.69, 9.17) is 14.2 Å². The highest BCUT2D eigenvalue weighted by atomic mass is 32.2. The Labute approximate surface area is 181 Å². The summed E-state index contributed by atoms with van der Waals surface area (Å²) >= 11 is 0. The average molecular weight is 453 g/mol. The van der Waals surface area contributed by atoms with Crippen molar-refractivity contribution in [3.05, 3.63) is 30.3 Å². The molecule has 1 saturated heterocycles. The molecular weight excluding hydrogens is 424 g/mol. The zero-order valence-corrected chi connectivity index (χ0v) is 19.1.